The second-order valence-electron chi connectivity index (χ2n) is 4.62. The summed E-state index contributed by atoms with van der Waals surface area (Å²) in [6, 6.07) is 3.59. The van der Waals surface area contributed by atoms with Gasteiger partial charge >= 0.3 is 5.97 Å². The zero-order valence-electron chi connectivity index (χ0n) is 12.1. The third-order valence-corrected chi connectivity index (χ3v) is 4.19. The molecule has 1 rings (SSSR count). The van der Waals surface area contributed by atoms with Gasteiger partial charge in [0.2, 0.25) is 5.91 Å². The van der Waals surface area contributed by atoms with Crippen molar-refractivity contribution in [1.29, 1.82) is 0 Å². The van der Waals surface area contributed by atoms with Crippen molar-refractivity contribution in [3.63, 3.8) is 0 Å². The lowest BCUT2D eigenvalue weighted by molar-refractivity contribution is -0.141. The number of hydrogen-bond acceptors (Lipinski definition) is 3. The molecule has 120 valence electrons. The van der Waals surface area contributed by atoms with E-state index in [1.807, 2.05) is 0 Å². The van der Waals surface area contributed by atoms with Gasteiger partial charge in [-0.05, 0) is 41.1 Å². The Kier molecular flexibility index (Phi) is 6.83. The van der Waals surface area contributed by atoms with Crippen molar-refractivity contribution in [2.75, 3.05) is 13.1 Å². The summed E-state index contributed by atoms with van der Waals surface area (Å²) in [4.78, 5) is 35.8. The first-order valence-electron chi connectivity index (χ1n) is 6.47. The molecule has 0 aromatic heterocycles. The molecule has 1 aromatic rings. The van der Waals surface area contributed by atoms with E-state index in [1.54, 1.807) is 6.07 Å². The fourth-order valence-corrected chi connectivity index (χ4v) is 2.25. The fourth-order valence-electron chi connectivity index (χ4n) is 1.75. The van der Waals surface area contributed by atoms with Crippen LogP contribution >= 0.6 is 27.5 Å². The molecule has 1 aromatic carbocycles. The van der Waals surface area contributed by atoms with Gasteiger partial charge in [-0.25, -0.2) is 4.79 Å². The summed E-state index contributed by atoms with van der Waals surface area (Å²) in [5.74, 6) is -1.81. The van der Waals surface area contributed by atoms with E-state index in [9.17, 15) is 14.4 Å². The van der Waals surface area contributed by atoms with Crippen LogP contribution in [0.4, 0.5) is 0 Å². The van der Waals surface area contributed by atoms with Crippen LogP contribution in [-0.4, -0.2) is 46.9 Å². The van der Waals surface area contributed by atoms with Crippen molar-refractivity contribution >= 4 is 45.3 Å². The Bertz CT molecular complexity index is 594. The number of carboxylic acid groups (broad SMARTS) is 1. The minimum absolute atomic E-state index is 0.0894. The molecule has 0 aliphatic heterocycles. The smallest absolute Gasteiger partial charge is 0.326 e. The van der Waals surface area contributed by atoms with Gasteiger partial charge in [0.15, 0.2) is 0 Å². The number of aliphatic carboxylic acids is 1. The normalized spacial score (nSPS) is 11.6. The lowest BCUT2D eigenvalue weighted by Gasteiger charge is -2.26. The predicted molar refractivity (Wildman–Crippen MR) is 86.0 cm³/mol. The molecule has 8 heteroatoms. The molecule has 0 fully saturated rings. The van der Waals surface area contributed by atoms with Crippen LogP contribution in [-0.2, 0) is 9.59 Å². The van der Waals surface area contributed by atoms with Crippen molar-refractivity contribution in [2.45, 2.75) is 19.9 Å². The molecule has 1 atom stereocenters. The first-order valence-corrected chi connectivity index (χ1v) is 7.64. The van der Waals surface area contributed by atoms with Gasteiger partial charge in [0, 0.05) is 30.0 Å². The maximum absolute atomic E-state index is 12.5. The predicted octanol–water partition coefficient (Wildman–Crippen LogP) is 2.15. The molecule has 0 saturated carbocycles. The van der Waals surface area contributed by atoms with Crippen LogP contribution in [0.3, 0.4) is 0 Å². The van der Waals surface area contributed by atoms with Gasteiger partial charge in [-0.15, -0.1) is 0 Å². The van der Waals surface area contributed by atoms with Crippen LogP contribution in [0.1, 0.15) is 24.2 Å². The van der Waals surface area contributed by atoms with E-state index in [-0.39, 0.29) is 19.0 Å². The van der Waals surface area contributed by atoms with Crippen molar-refractivity contribution in [3.05, 3.63) is 33.3 Å². The van der Waals surface area contributed by atoms with Crippen LogP contribution in [0.15, 0.2) is 22.7 Å². The third kappa shape index (κ3) is 4.99. The minimum Gasteiger partial charge on any atom is -0.480 e. The lowest BCUT2D eigenvalue weighted by Crippen LogP contribution is -2.46. The molecule has 0 saturated heterocycles. The van der Waals surface area contributed by atoms with Crippen LogP contribution in [0.25, 0.3) is 0 Å². The van der Waals surface area contributed by atoms with Crippen LogP contribution in [0, 0.1) is 0 Å². The topological polar surface area (TPSA) is 86.7 Å². The van der Waals surface area contributed by atoms with Crippen molar-refractivity contribution in [3.8, 4) is 0 Å². The van der Waals surface area contributed by atoms with E-state index >= 15 is 0 Å². The highest BCUT2D eigenvalue weighted by atomic mass is 79.9. The van der Waals surface area contributed by atoms with Gasteiger partial charge < -0.3 is 15.3 Å². The van der Waals surface area contributed by atoms with Crippen molar-refractivity contribution in [1.82, 2.24) is 10.2 Å². The molecule has 2 amide bonds. The lowest BCUT2D eigenvalue weighted by atomic mass is 10.1. The van der Waals surface area contributed by atoms with E-state index in [1.165, 1.54) is 30.9 Å². The third-order valence-electron chi connectivity index (χ3n) is 2.98. The van der Waals surface area contributed by atoms with Crippen LogP contribution in [0.5, 0.6) is 0 Å². The number of benzene rings is 1. The highest BCUT2D eigenvalue weighted by Gasteiger charge is 2.26. The van der Waals surface area contributed by atoms with E-state index in [2.05, 4.69) is 21.2 Å². The second kappa shape index (κ2) is 8.14. The number of nitrogens with zero attached hydrogens (tertiary/aromatic N) is 1. The summed E-state index contributed by atoms with van der Waals surface area (Å²) in [6.07, 6.45) is 0. The molecule has 1 unspecified atom stereocenters. The van der Waals surface area contributed by atoms with Crippen LogP contribution in [0.2, 0.25) is 5.02 Å². The first kappa shape index (κ1) is 18.4. The molecule has 22 heavy (non-hydrogen) atoms. The molecule has 0 aliphatic carbocycles. The van der Waals surface area contributed by atoms with Gasteiger partial charge in [-0.1, -0.05) is 11.6 Å². The average Bonchev–Trinajstić information content (AvgIpc) is 2.44. The summed E-state index contributed by atoms with van der Waals surface area (Å²) in [5, 5.41) is 12.1. The van der Waals surface area contributed by atoms with Gasteiger partial charge in [0.25, 0.3) is 5.91 Å². The number of hydrogen-bond donors (Lipinski definition) is 2. The minimum atomic E-state index is -1.12. The molecule has 0 heterocycles. The van der Waals surface area contributed by atoms with Gasteiger partial charge in [0.05, 0.1) is 5.02 Å². The summed E-state index contributed by atoms with van der Waals surface area (Å²) < 4.78 is 0.546. The molecule has 6 nitrogen and oxygen atoms in total. The summed E-state index contributed by atoms with van der Waals surface area (Å²) >= 11 is 9.11. The maximum atomic E-state index is 12.5. The van der Waals surface area contributed by atoms with E-state index in [4.69, 9.17) is 16.7 Å². The Morgan fingerprint density at radius 2 is 2.05 bits per heavy atom. The first-order chi connectivity index (χ1) is 10.2. The van der Waals surface area contributed by atoms with Gasteiger partial charge in [0.1, 0.15) is 6.04 Å². The number of carbonyl (C=O) groups excluding carboxylic acids is 2. The monoisotopic (exact) mass is 390 g/mol. The quantitative estimate of drug-likeness (QED) is 0.778. The Hall–Kier alpha value is -1.60. The van der Waals surface area contributed by atoms with E-state index in [0.29, 0.717) is 15.1 Å². The Morgan fingerprint density at radius 1 is 1.41 bits per heavy atom. The van der Waals surface area contributed by atoms with E-state index in [0.717, 1.165) is 0 Å². The highest BCUT2D eigenvalue weighted by Crippen LogP contribution is 2.24. The summed E-state index contributed by atoms with van der Waals surface area (Å²) in [6.45, 7) is 3.03. The molecule has 0 aliphatic rings. The van der Waals surface area contributed by atoms with Gasteiger partial charge in [-0.3, -0.25) is 9.59 Å². The van der Waals surface area contributed by atoms with Crippen molar-refractivity contribution < 1.29 is 19.5 Å². The number of nitrogens with one attached hydrogen (secondary N) is 1. The summed E-state index contributed by atoms with van der Waals surface area (Å²) in [5.41, 5.74) is 0.312. The number of amides is 2. The maximum Gasteiger partial charge on any atom is 0.326 e. The molecule has 0 spiro atoms. The number of halogens is 2. The standard InChI is InChI=1S/C14H16BrClN2O4/c1-8(14(21)22)18(6-5-17-9(2)19)13(20)10-3-4-12(16)11(15)7-10/h3-4,7-8H,5-6H2,1-2H3,(H,17,19)(H,21,22). The van der Waals surface area contributed by atoms with E-state index < -0.39 is 17.9 Å². The molecule has 0 bridgehead atoms. The number of carboxylic acids is 1. The molecule has 2 N–H and O–H groups in total. The Labute approximate surface area is 141 Å². The second-order valence-corrected chi connectivity index (χ2v) is 5.89. The fraction of sp³-hybridized carbons (Fsp3) is 0.357. The highest BCUT2D eigenvalue weighted by molar-refractivity contribution is 9.10. The van der Waals surface area contributed by atoms with Gasteiger partial charge in [-0.2, -0.15) is 0 Å². The zero-order valence-corrected chi connectivity index (χ0v) is 14.4. The average molecular weight is 392 g/mol. The zero-order chi connectivity index (χ0) is 16.9. The molecule has 0 radical (unpaired) electrons. The summed E-state index contributed by atoms with van der Waals surface area (Å²) in [7, 11) is 0. The number of carbonyl (C=O) groups is 3. The molecular formula is C14H16BrClN2O4. The number of rotatable bonds is 6. The Morgan fingerprint density at radius 3 is 2.55 bits per heavy atom. The van der Waals surface area contributed by atoms with Crippen molar-refractivity contribution in [2.24, 2.45) is 0 Å². The van der Waals surface area contributed by atoms with Crippen LogP contribution < -0.4 is 5.32 Å². The Balaban J connectivity index is 2.97. The SMILES string of the molecule is CC(=O)NCCN(C(=O)c1ccc(Cl)c(Br)c1)C(C)C(=O)O. The molecular weight excluding hydrogens is 376 g/mol. The largest absolute Gasteiger partial charge is 0.480 e.